The van der Waals surface area contributed by atoms with Crippen molar-refractivity contribution in [1.82, 2.24) is 9.80 Å². The standard InChI is InChI=1S/C28H28ClN3O2.2ClH/c29-23-12-13-25-24(20-23)27(33)28(34)32(25)15-7-14-30-16-18-31(19-17-30)26(21-8-3-1-4-9-21)22-10-5-2-6-11-22;;/h1-6,8-13,20,26H,7,14-19H2;2*1H. The van der Waals surface area contributed by atoms with Gasteiger partial charge < -0.3 is 9.80 Å². The molecule has 0 bridgehead atoms. The van der Waals surface area contributed by atoms with Gasteiger partial charge in [-0.05, 0) is 42.3 Å². The third kappa shape index (κ3) is 5.93. The highest BCUT2D eigenvalue weighted by Crippen LogP contribution is 2.32. The molecule has 1 fully saturated rings. The summed E-state index contributed by atoms with van der Waals surface area (Å²) < 4.78 is 0. The number of carbonyl (C=O) groups is 2. The van der Waals surface area contributed by atoms with E-state index in [4.69, 9.17) is 11.6 Å². The molecule has 0 N–H and O–H groups in total. The molecule has 8 heteroatoms. The van der Waals surface area contributed by atoms with Crippen LogP contribution in [0.1, 0.15) is 33.9 Å². The Labute approximate surface area is 229 Å². The second-order valence-electron chi connectivity index (χ2n) is 8.90. The Kier molecular flexibility index (Phi) is 9.94. The number of hydrogen-bond acceptors (Lipinski definition) is 4. The molecule has 5 rings (SSSR count). The van der Waals surface area contributed by atoms with Gasteiger partial charge in [0.2, 0.25) is 0 Å². The van der Waals surface area contributed by atoms with Crippen LogP contribution in [0.2, 0.25) is 5.02 Å². The summed E-state index contributed by atoms with van der Waals surface area (Å²) in [7, 11) is 0. The fraction of sp³-hybridized carbons (Fsp3) is 0.286. The van der Waals surface area contributed by atoms with Crippen molar-refractivity contribution in [3.63, 3.8) is 0 Å². The molecule has 0 aliphatic carbocycles. The maximum Gasteiger partial charge on any atom is 0.299 e. The van der Waals surface area contributed by atoms with Crippen LogP contribution < -0.4 is 4.90 Å². The monoisotopic (exact) mass is 545 g/mol. The van der Waals surface area contributed by atoms with Crippen molar-refractivity contribution in [3.8, 4) is 0 Å². The zero-order chi connectivity index (χ0) is 23.5. The molecule has 0 radical (unpaired) electrons. The van der Waals surface area contributed by atoms with Gasteiger partial charge in [0.1, 0.15) is 0 Å². The van der Waals surface area contributed by atoms with Gasteiger partial charge in [-0.15, -0.1) is 24.8 Å². The normalized spacial score (nSPS) is 16.0. The number of rotatable bonds is 7. The maximum absolute atomic E-state index is 12.5. The molecule has 1 amide bonds. The number of carbonyl (C=O) groups excluding carboxylic acids is 2. The molecule has 0 spiro atoms. The zero-order valence-electron chi connectivity index (χ0n) is 19.9. The fourth-order valence-corrected chi connectivity index (χ4v) is 5.25. The Morgan fingerprint density at radius 1 is 0.750 bits per heavy atom. The highest BCUT2D eigenvalue weighted by atomic mass is 35.5. The van der Waals surface area contributed by atoms with Crippen molar-refractivity contribution in [1.29, 1.82) is 0 Å². The predicted molar refractivity (Wildman–Crippen MR) is 150 cm³/mol. The van der Waals surface area contributed by atoms with E-state index >= 15 is 0 Å². The van der Waals surface area contributed by atoms with Gasteiger partial charge in [0.05, 0.1) is 17.3 Å². The lowest BCUT2D eigenvalue weighted by Gasteiger charge is -2.40. The molecule has 2 aliphatic rings. The maximum atomic E-state index is 12.5. The Hall–Kier alpha value is -2.41. The van der Waals surface area contributed by atoms with Crippen LogP contribution in [-0.4, -0.2) is 60.8 Å². The van der Waals surface area contributed by atoms with E-state index in [1.165, 1.54) is 11.1 Å². The number of Topliss-reactive ketones (excluding diaryl/α,β-unsaturated/α-hetero) is 1. The summed E-state index contributed by atoms with van der Waals surface area (Å²) in [5, 5.41) is 0.476. The number of halogens is 3. The summed E-state index contributed by atoms with van der Waals surface area (Å²) in [6.07, 6.45) is 0.821. The fourth-order valence-electron chi connectivity index (χ4n) is 5.08. The first-order valence-corrected chi connectivity index (χ1v) is 12.2. The molecule has 0 unspecified atom stereocenters. The van der Waals surface area contributed by atoms with Crippen molar-refractivity contribution in [2.75, 3.05) is 44.2 Å². The van der Waals surface area contributed by atoms with Gasteiger partial charge in [-0.1, -0.05) is 72.3 Å². The molecular weight excluding hydrogens is 517 g/mol. The van der Waals surface area contributed by atoms with Crippen LogP contribution in [0.15, 0.2) is 78.9 Å². The van der Waals surface area contributed by atoms with Gasteiger partial charge in [0.25, 0.3) is 11.7 Å². The van der Waals surface area contributed by atoms with Crippen LogP contribution in [0.5, 0.6) is 0 Å². The van der Waals surface area contributed by atoms with Gasteiger partial charge >= 0.3 is 0 Å². The summed E-state index contributed by atoms with van der Waals surface area (Å²) in [6, 6.07) is 26.8. The molecule has 2 aliphatic heterocycles. The van der Waals surface area contributed by atoms with Crippen LogP contribution in [0.3, 0.4) is 0 Å². The minimum atomic E-state index is -0.459. The molecule has 3 aromatic carbocycles. The molecule has 1 saturated heterocycles. The predicted octanol–water partition coefficient (Wildman–Crippen LogP) is 5.51. The number of anilines is 1. The van der Waals surface area contributed by atoms with Crippen LogP contribution >= 0.6 is 36.4 Å². The van der Waals surface area contributed by atoms with E-state index in [0.29, 0.717) is 22.8 Å². The van der Waals surface area contributed by atoms with Crippen molar-refractivity contribution in [3.05, 3.63) is 101 Å². The number of benzene rings is 3. The molecule has 0 saturated carbocycles. The molecule has 0 aromatic heterocycles. The first-order chi connectivity index (χ1) is 16.6. The summed E-state index contributed by atoms with van der Waals surface area (Å²) in [5.41, 5.74) is 3.73. The van der Waals surface area contributed by atoms with E-state index in [1.807, 2.05) is 0 Å². The van der Waals surface area contributed by atoms with Crippen LogP contribution in [-0.2, 0) is 4.79 Å². The number of piperazine rings is 1. The van der Waals surface area contributed by atoms with E-state index in [2.05, 4.69) is 70.5 Å². The molecule has 36 heavy (non-hydrogen) atoms. The summed E-state index contributed by atoms with van der Waals surface area (Å²) >= 11 is 6.01. The minimum absolute atomic E-state index is 0. The molecular formula is C28H30Cl3N3O2. The highest BCUT2D eigenvalue weighted by Gasteiger charge is 2.35. The van der Waals surface area contributed by atoms with Gasteiger partial charge in [0.15, 0.2) is 0 Å². The lowest BCUT2D eigenvalue weighted by Crippen LogP contribution is -2.48. The molecule has 190 valence electrons. The van der Waals surface area contributed by atoms with Crippen molar-refractivity contribution < 1.29 is 9.59 Å². The smallest absolute Gasteiger partial charge is 0.299 e. The molecule has 5 nitrogen and oxygen atoms in total. The van der Waals surface area contributed by atoms with Crippen molar-refractivity contribution in [2.45, 2.75) is 12.5 Å². The quantitative estimate of drug-likeness (QED) is 0.367. The van der Waals surface area contributed by atoms with Gasteiger partial charge in [0, 0.05) is 37.7 Å². The Morgan fingerprint density at radius 3 is 1.92 bits per heavy atom. The zero-order valence-corrected chi connectivity index (χ0v) is 22.3. The van der Waals surface area contributed by atoms with Gasteiger partial charge in [-0.2, -0.15) is 0 Å². The van der Waals surface area contributed by atoms with E-state index in [-0.39, 0.29) is 30.9 Å². The molecule has 2 heterocycles. The van der Waals surface area contributed by atoms with E-state index in [9.17, 15) is 9.59 Å². The number of ketones is 1. The van der Waals surface area contributed by atoms with E-state index in [1.54, 1.807) is 23.1 Å². The SMILES string of the molecule is Cl.Cl.O=C1C(=O)N(CCCN2CCN(C(c3ccccc3)c3ccccc3)CC2)c2ccc(Cl)cc21. The first-order valence-electron chi connectivity index (χ1n) is 11.8. The van der Waals surface area contributed by atoms with Crippen LogP contribution in [0.25, 0.3) is 0 Å². The third-order valence-corrected chi connectivity index (χ3v) is 7.03. The van der Waals surface area contributed by atoms with Crippen LogP contribution in [0.4, 0.5) is 5.69 Å². The number of nitrogens with zero attached hydrogens (tertiary/aromatic N) is 3. The summed E-state index contributed by atoms with van der Waals surface area (Å²) in [4.78, 5) is 31.4. The van der Waals surface area contributed by atoms with E-state index in [0.717, 1.165) is 39.1 Å². The van der Waals surface area contributed by atoms with Crippen molar-refractivity contribution in [2.24, 2.45) is 0 Å². The minimum Gasteiger partial charge on any atom is -0.305 e. The highest BCUT2D eigenvalue weighted by molar-refractivity contribution is 6.52. The third-order valence-electron chi connectivity index (χ3n) is 6.79. The largest absolute Gasteiger partial charge is 0.305 e. The second kappa shape index (κ2) is 12.7. The topological polar surface area (TPSA) is 43.9 Å². The Bertz CT molecular complexity index is 1130. The van der Waals surface area contributed by atoms with Crippen molar-refractivity contribution >= 4 is 53.8 Å². The molecule has 0 atom stereocenters. The lowest BCUT2D eigenvalue weighted by atomic mass is 9.96. The Balaban J connectivity index is 0.00000180. The Morgan fingerprint density at radius 2 is 1.33 bits per heavy atom. The summed E-state index contributed by atoms with van der Waals surface area (Å²) in [6.45, 7) is 5.37. The average Bonchev–Trinajstić information content (AvgIpc) is 3.11. The van der Waals surface area contributed by atoms with Gasteiger partial charge in [-0.3, -0.25) is 14.5 Å². The number of amides is 1. The lowest BCUT2D eigenvalue weighted by molar-refractivity contribution is -0.114. The van der Waals surface area contributed by atoms with E-state index < -0.39 is 11.7 Å². The first kappa shape index (κ1) is 28.2. The number of fused-ring (bicyclic) bond motifs is 1. The molecule has 3 aromatic rings. The number of hydrogen-bond donors (Lipinski definition) is 0. The average molecular weight is 547 g/mol. The summed E-state index contributed by atoms with van der Waals surface area (Å²) in [5.74, 6) is -0.908. The van der Waals surface area contributed by atoms with Gasteiger partial charge in [-0.25, -0.2) is 0 Å². The second-order valence-corrected chi connectivity index (χ2v) is 9.34. The van der Waals surface area contributed by atoms with Crippen LogP contribution in [0, 0.1) is 0 Å².